The molecule has 0 saturated heterocycles. The summed E-state index contributed by atoms with van der Waals surface area (Å²) in [5.74, 6) is -0.0780. The van der Waals surface area contributed by atoms with Crippen LogP contribution in [0.1, 0.15) is 26.2 Å². The van der Waals surface area contributed by atoms with E-state index in [-0.39, 0.29) is 23.2 Å². The van der Waals surface area contributed by atoms with Crippen molar-refractivity contribution < 1.29 is 14.3 Å². The molecule has 3 unspecified atom stereocenters. The molecule has 0 aromatic heterocycles. The Labute approximate surface area is 115 Å². The molecule has 2 aliphatic heterocycles. The second-order valence-electron chi connectivity index (χ2n) is 4.88. The lowest BCUT2D eigenvalue weighted by Crippen LogP contribution is -2.32. The van der Waals surface area contributed by atoms with Gasteiger partial charge in [0.1, 0.15) is 5.37 Å². The van der Waals surface area contributed by atoms with Gasteiger partial charge >= 0.3 is 5.97 Å². The van der Waals surface area contributed by atoms with Crippen LogP contribution in [0.4, 0.5) is 0 Å². The van der Waals surface area contributed by atoms with Crippen molar-refractivity contribution in [3.8, 4) is 0 Å². The number of aliphatic imine (C=N–C) groups is 1. The maximum atomic E-state index is 12.0. The van der Waals surface area contributed by atoms with Crippen molar-refractivity contribution in [1.82, 2.24) is 5.32 Å². The fourth-order valence-corrected chi connectivity index (χ4v) is 4.61. The van der Waals surface area contributed by atoms with Crippen molar-refractivity contribution in [2.75, 3.05) is 6.61 Å². The first-order valence-corrected chi connectivity index (χ1v) is 7.52. The molecule has 5 nitrogen and oxygen atoms in total. The van der Waals surface area contributed by atoms with Crippen LogP contribution in [0.5, 0.6) is 0 Å². The van der Waals surface area contributed by atoms with Crippen LogP contribution in [-0.2, 0) is 14.3 Å². The smallest absolute Gasteiger partial charge is 0.306 e. The summed E-state index contributed by atoms with van der Waals surface area (Å²) in [6.07, 6.45) is 3.84. The molecule has 19 heavy (non-hydrogen) atoms. The minimum Gasteiger partial charge on any atom is -0.466 e. The predicted molar refractivity (Wildman–Crippen MR) is 72.8 cm³/mol. The molecule has 0 aromatic rings. The van der Waals surface area contributed by atoms with Crippen molar-refractivity contribution in [1.29, 1.82) is 0 Å². The van der Waals surface area contributed by atoms with Crippen molar-refractivity contribution in [3.05, 3.63) is 11.1 Å². The monoisotopic (exact) mass is 280 g/mol. The highest BCUT2D eigenvalue weighted by atomic mass is 32.2. The van der Waals surface area contributed by atoms with E-state index in [1.807, 2.05) is 6.92 Å². The van der Waals surface area contributed by atoms with Gasteiger partial charge in [0.15, 0.2) is 0 Å². The Kier molecular flexibility index (Phi) is 3.35. The maximum Gasteiger partial charge on any atom is 0.306 e. The Morgan fingerprint density at radius 2 is 2.42 bits per heavy atom. The lowest BCUT2D eigenvalue weighted by molar-refractivity contribution is -0.143. The molecule has 6 heteroatoms. The molecule has 0 bridgehead atoms. The molecule has 2 heterocycles. The summed E-state index contributed by atoms with van der Waals surface area (Å²) >= 11 is 1.73. The van der Waals surface area contributed by atoms with Gasteiger partial charge in [-0.15, -0.1) is 11.8 Å². The molecule has 1 amide bonds. The van der Waals surface area contributed by atoms with Crippen molar-refractivity contribution in [3.63, 3.8) is 0 Å². The quantitative estimate of drug-likeness (QED) is 0.790. The number of hydrogen-bond donors (Lipinski definition) is 1. The van der Waals surface area contributed by atoms with Crippen molar-refractivity contribution in [2.24, 2.45) is 10.9 Å². The molecule has 3 aliphatic rings. The maximum absolute atomic E-state index is 12.0. The molecular formula is C13H16N2O3S. The second kappa shape index (κ2) is 5.00. The largest absolute Gasteiger partial charge is 0.466 e. The normalized spacial score (nSPS) is 32.1. The minimum absolute atomic E-state index is 0.0549. The van der Waals surface area contributed by atoms with Gasteiger partial charge < -0.3 is 10.1 Å². The lowest BCUT2D eigenvalue weighted by atomic mass is 9.93. The molecule has 102 valence electrons. The second-order valence-corrected chi connectivity index (χ2v) is 6.17. The van der Waals surface area contributed by atoms with Crippen LogP contribution in [-0.4, -0.2) is 35.4 Å². The van der Waals surface area contributed by atoms with Gasteiger partial charge in [-0.2, -0.15) is 0 Å². The van der Waals surface area contributed by atoms with E-state index in [0.29, 0.717) is 18.3 Å². The van der Waals surface area contributed by atoms with Gasteiger partial charge in [0.25, 0.3) is 5.91 Å². The Hall–Kier alpha value is -1.30. The minimum atomic E-state index is -0.172. The number of carbonyl (C=O) groups excluding carboxylic acids is 2. The van der Waals surface area contributed by atoms with Crippen LogP contribution in [0.2, 0.25) is 0 Å². The molecule has 1 saturated carbocycles. The molecule has 1 aliphatic carbocycles. The molecule has 0 aromatic carbocycles. The Morgan fingerprint density at radius 3 is 3.21 bits per heavy atom. The summed E-state index contributed by atoms with van der Waals surface area (Å²) in [6, 6.07) is 0. The zero-order valence-electron chi connectivity index (χ0n) is 10.7. The summed E-state index contributed by atoms with van der Waals surface area (Å²) in [5, 5.41) is 2.92. The van der Waals surface area contributed by atoms with E-state index in [2.05, 4.69) is 10.3 Å². The summed E-state index contributed by atoms with van der Waals surface area (Å²) in [6.45, 7) is 2.21. The SMILES string of the molecule is CCOC(=O)CC1CCC2SC3N=CNC(=O)C3=C12. The van der Waals surface area contributed by atoms with Gasteiger partial charge in [-0.05, 0) is 31.3 Å². The number of nitrogens with one attached hydrogen (secondary N) is 1. The number of thioether (sulfide) groups is 1. The number of amides is 1. The van der Waals surface area contributed by atoms with E-state index in [1.54, 1.807) is 11.8 Å². The Morgan fingerprint density at radius 1 is 1.58 bits per heavy atom. The van der Waals surface area contributed by atoms with E-state index >= 15 is 0 Å². The number of carbonyl (C=O) groups is 2. The first kappa shape index (κ1) is 12.7. The van der Waals surface area contributed by atoms with Crippen LogP contribution in [0.3, 0.4) is 0 Å². The molecule has 3 atom stereocenters. The number of esters is 1. The van der Waals surface area contributed by atoms with E-state index < -0.39 is 0 Å². The summed E-state index contributed by atoms with van der Waals surface area (Å²) in [5.41, 5.74) is 1.92. The van der Waals surface area contributed by atoms with E-state index in [9.17, 15) is 9.59 Å². The molecule has 0 spiro atoms. The van der Waals surface area contributed by atoms with Crippen LogP contribution >= 0.6 is 11.8 Å². The van der Waals surface area contributed by atoms with E-state index in [4.69, 9.17) is 4.74 Å². The molecular weight excluding hydrogens is 264 g/mol. The number of rotatable bonds is 3. The first-order chi connectivity index (χ1) is 9.20. The summed E-state index contributed by atoms with van der Waals surface area (Å²) in [7, 11) is 0. The average Bonchev–Trinajstić information content (AvgIpc) is 2.90. The lowest BCUT2D eigenvalue weighted by Gasteiger charge is -2.17. The third kappa shape index (κ3) is 2.18. The van der Waals surface area contributed by atoms with Crippen LogP contribution in [0.25, 0.3) is 0 Å². The number of ether oxygens (including phenoxy) is 1. The van der Waals surface area contributed by atoms with E-state index in [0.717, 1.165) is 24.0 Å². The number of hydrogen-bond acceptors (Lipinski definition) is 5. The molecule has 0 radical (unpaired) electrons. The molecule has 3 rings (SSSR count). The summed E-state index contributed by atoms with van der Waals surface area (Å²) < 4.78 is 5.02. The van der Waals surface area contributed by atoms with Crippen LogP contribution in [0, 0.1) is 5.92 Å². The zero-order valence-corrected chi connectivity index (χ0v) is 11.5. The Bertz CT molecular complexity index is 486. The van der Waals surface area contributed by atoms with Crippen molar-refractivity contribution in [2.45, 2.75) is 36.8 Å². The highest BCUT2D eigenvalue weighted by molar-refractivity contribution is 8.01. The van der Waals surface area contributed by atoms with Crippen LogP contribution in [0.15, 0.2) is 16.1 Å². The third-order valence-corrected chi connectivity index (χ3v) is 5.22. The average molecular weight is 280 g/mol. The fraction of sp³-hybridized carbons (Fsp3) is 0.615. The van der Waals surface area contributed by atoms with Gasteiger partial charge in [0.2, 0.25) is 0 Å². The predicted octanol–water partition coefficient (Wildman–Crippen LogP) is 1.25. The Balaban J connectivity index is 1.85. The number of nitrogens with zero attached hydrogens (tertiary/aromatic N) is 1. The highest BCUT2D eigenvalue weighted by Gasteiger charge is 2.45. The highest BCUT2D eigenvalue weighted by Crippen LogP contribution is 2.51. The van der Waals surface area contributed by atoms with Gasteiger partial charge in [0.05, 0.1) is 24.9 Å². The van der Waals surface area contributed by atoms with E-state index in [1.165, 1.54) is 6.34 Å². The first-order valence-electron chi connectivity index (χ1n) is 6.58. The molecule has 1 fully saturated rings. The standard InChI is InChI=1S/C13H16N2O3S/c1-2-18-9(16)5-7-3-4-8-10(7)11-12(17)14-6-15-13(11)19-8/h6-8,13H,2-5H2,1H3,(H,14,15,17). The van der Waals surface area contributed by atoms with Gasteiger partial charge in [-0.3, -0.25) is 14.6 Å². The molecule has 1 N–H and O–H groups in total. The zero-order chi connectivity index (χ0) is 13.4. The van der Waals surface area contributed by atoms with Gasteiger partial charge in [-0.25, -0.2) is 0 Å². The number of fused-ring (bicyclic) bond motifs is 2. The van der Waals surface area contributed by atoms with Crippen molar-refractivity contribution >= 4 is 30.0 Å². The van der Waals surface area contributed by atoms with Crippen LogP contribution < -0.4 is 5.32 Å². The van der Waals surface area contributed by atoms with Gasteiger partial charge in [-0.1, -0.05) is 0 Å². The fourth-order valence-electron chi connectivity index (χ4n) is 3.05. The van der Waals surface area contributed by atoms with Gasteiger partial charge in [0, 0.05) is 5.25 Å². The summed E-state index contributed by atoms with van der Waals surface area (Å²) in [4.78, 5) is 27.9. The third-order valence-electron chi connectivity index (χ3n) is 3.78. The topological polar surface area (TPSA) is 67.8 Å².